The van der Waals surface area contributed by atoms with Crippen molar-refractivity contribution in [1.82, 2.24) is 10.2 Å². The highest BCUT2D eigenvalue weighted by molar-refractivity contribution is 5.84. The summed E-state index contributed by atoms with van der Waals surface area (Å²) in [7, 11) is 0. The molecular formula is C16H33N3O. The molecule has 0 saturated carbocycles. The van der Waals surface area contributed by atoms with Crippen molar-refractivity contribution >= 4 is 5.91 Å². The van der Waals surface area contributed by atoms with E-state index in [1.165, 1.54) is 38.6 Å². The van der Waals surface area contributed by atoms with Gasteiger partial charge >= 0.3 is 0 Å². The summed E-state index contributed by atoms with van der Waals surface area (Å²) in [6.45, 7) is 9.32. The number of primary amides is 1. The summed E-state index contributed by atoms with van der Waals surface area (Å²) >= 11 is 0. The third-order valence-corrected chi connectivity index (χ3v) is 4.70. The lowest BCUT2D eigenvalue weighted by atomic mass is 9.94. The van der Waals surface area contributed by atoms with Crippen molar-refractivity contribution in [2.75, 3.05) is 19.6 Å². The molecule has 3 N–H and O–H groups in total. The van der Waals surface area contributed by atoms with E-state index in [4.69, 9.17) is 5.73 Å². The van der Waals surface area contributed by atoms with Gasteiger partial charge in [-0.05, 0) is 58.7 Å². The van der Waals surface area contributed by atoms with Gasteiger partial charge in [-0.1, -0.05) is 26.7 Å². The third kappa shape index (κ3) is 5.06. The fraction of sp³-hybridized carbons (Fsp3) is 0.938. The lowest BCUT2D eigenvalue weighted by molar-refractivity contribution is -0.124. The van der Waals surface area contributed by atoms with Gasteiger partial charge in [0.2, 0.25) is 5.91 Å². The maximum Gasteiger partial charge on any atom is 0.237 e. The number of carbonyl (C=O) groups excluding carboxylic acids is 1. The molecule has 1 amide bonds. The summed E-state index contributed by atoms with van der Waals surface area (Å²) in [6.07, 6.45) is 8.47. The van der Waals surface area contributed by atoms with E-state index in [1.54, 1.807) is 0 Å². The molecule has 20 heavy (non-hydrogen) atoms. The Morgan fingerprint density at radius 3 is 2.70 bits per heavy atom. The predicted molar refractivity (Wildman–Crippen MR) is 84.6 cm³/mol. The molecule has 1 heterocycles. The molecule has 0 spiro atoms. The van der Waals surface area contributed by atoms with E-state index in [2.05, 4.69) is 17.1 Å². The highest BCUT2D eigenvalue weighted by atomic mass is 16.1. The van der Waals surface area contributed by atoms with Crippen LogP contribution in [-0.4, -0.2) is 42.0 Å². The van der Waals surface area contributed by atoms with Crippen LogP contribution >= 0.6 is 0 Å². The topological polar surface area (TPSA) is 58.4 Å². The van der Waals surface area contributed by atoms with Crippen LogP contribution in [0.3, 0.4) is 0 Å². The first kappa shape index (κ1) is 17.4. The number of nitrogens with two attached hydrogens (primary N) is 1. The van der Waals surface area contributed by atoms with Gasteiger partial charge in [0.1, 0.15) is 0 Å². The van der Waals surface area contributed by atoms with Crippen molar-refractivity contribution in [3.63, 3.8) is 0 Å². The van der Waals surface area contributed by atoms with Gasteiger partial charge in [-0.15, -0.1) is 0 Å². The normalized spacial score (nSPS) is 24.1. The van der Waals surface area contributed by atoms with E-state index in [-0.39, 0.29) is 5.91 Å². The first-order valence-electron chi connectivity index (χ1n) is 8.32. The van der Waals surface area contributed by atoms with Crippen LogP contribution in [0.4, 0.5) is 0 Å². The van der Waals surface area contributed by atoms with Gasteiger partial charge in [-0.2, -0.15) is 0 Å². The molecule has 118 valence electrons. The predicted octanol–water partition coefficient (Wildman–Crippen LogP) is 2.27. The molecule has 1 saturated heterocycles. The number of hydrogen-bond acceptors (Lipinski definition) is 3. The standard InChI is InChI=1S/C16H33N3O/c1-4-14-10-7-6-8-12-19(14)13-9-11-16(3,15(17)20)18-5-2/h14,18H,4-13H2,1-3H3,(H2,17,20). The van der Waals surface area contributed by atoms with Crippen molar-refractivity contribution in [2.45, 2.75) is 77.3 Å². The quantitative estimate of drug-likeness (QED) is 0.718. The highest BCUT2D eigenvalue weighted by Gasteiger charge is 2.29. The molecular weight excluding hydrogens is 250 g/mol. The molecule has 0 aliphatic carbocycles. The second-order valence-corrected chi connectivity index (χ2v) is 6.28. The van der Waals surface area contributed by atoms with Gasteiger partial charge in [-0.25, -0.2) is 0 Å². The van der Waals surface area contributed by atoms with Gasteiger partial charge in [-0.3, -0.25) is 4.79 Å². The van der Waals surface area contributed by atoms with Crippen LogP contribution in [0.2, 0.25) is 0 Å². The minimum absolute atomic E-state index is 0.234. The number of hydrogen-bond donors (Lipinski definition) is 2. The molecule has 1 aliphatic heterocycles. The van der Waals surface area contributed by atoms with Crippen LogP contribution in [0.5, 0.6) is 0 Å². The smallest absolute Gasteiger partial charge is 0.237 e. The molecule has 0 aromatic carbocycles. The first-order valence-corrected chi connectivity index (χ1v) is 8.32. The number of likely N-dealkylation sites (N-methyl/N-ethyl adjacent to an activating group) is 1. The molecule has 4 nitrogen and oxygen atoms in total. The Morgan fingerprint density at radius 2 is 2.10 bits per heavy atom. The van der Waals surface area contributed by atoms with Crippen LogP contribution < -0.4 is 11.1 Å². The number of nitrogens with one attached hydrogen (secondary N) is 1. The molecule has 2 atom stereocenters. The Bertz CT molecular complexity index is 295. The lowest BCUT2D eigenvalue weighted by Gasteiger charge is -2.32. The molecule has 0 aromatic heterocycles. The van der Waals surface area contributed by atoms with Crippen molar-refractivity contribution < 1.29 is 4.79 Å². The summed E-state index contributed by atoms with van der Waals surface area (Å²) in [5.41, 5.74) is 4.99. The Labute approximate surface area is 124 Å². The zero-order valence-electron chi connectivity index (χ0n) is 13.6. The first-order chi connectivity index (χ1) is 9.53. The van der Waals surface area contributed by atoms with Gasteiger partial charge in [0.25, 0.3) is 0 Å². The van der Waals surface area contributed by atoms with E-state index in [1.807, 2.05) is 13.8 Å². The van der Waals surface area contributed by atoms with Gasteiger partial charge in [0, 0.05) is 6.04 Å². The second-order valence-electron chi connectivity index (χ2n) is 6.28. The number of carbonyl (C=O) groups is 1. The average Bonchev–Trinajstić information content (AvgIpc) is 2.64. The van der Waals surface area contributed by atoms with E-state index in [0.29, 0.717) is 0 Å². The van der Waals surface area contributed by atoms with Crippen molar-refractivity contribution in [1.29, 1.82) is 0 Å². The maximum atomic E-state index is 11.6. The van der Waals surface area contributed by atoms with Gasteiger partial charge in [0.15, 0.2) is 0 Å². The molecule has 1 rings (SSSR count). The van der Waals surface area contributed by atoms with E-state index in [9.17, 15) is 4.79 Å². The lowest BCUT2D eigenvalue weighted by Crippen LogP contribution is -2.53. The van der Waals surface area contributed by atoms with Crippen molar-refractivity contribution in [3.05, 3.63) is 0 Å². The van der Waals surface area contributed by atoms with E-state index < -0.39 is 5.54 Å². The largest absolute Gasteiger partial charge is 0.368 e. The summed E-state index contributed by atoms with van der Waals surface area (Å²) in [6, 6.07) is 0.733. The van der Waals surface area contributed by atoms with Crippen LogP contribution in [0.15, 0.2) is 0 Å². The number of likely N-dealkylation sites (tertiary alicyclic amines) is 1. The maximum absolute atomic E-state index is 11.6. The minimum atomic E-state index is -0.553. The van der Waals surface area contributed by atoms with Gasteiger partial charge in [0.05, 0.1) is 5.54 Å². The molecule has 4 heteroatoms. The van der Waals surface area contributed by atoms with Crippen LogP contribution in [0.25, 0.3) is 0 Å². The molecule has 1 fully saturated rings. The molecule has 0 radical (unpaired) electrons. The number of rotatable bonds is 8. The highest BCUT2D eigenvalue weighted by Crippen LogP contribution is 2.20. The minimum Gasteiger partial charge on any atom is -0.368 e. The SMILES string of the molecule is CCNC(C)(CCCN1CCCCCC1CC)C(N)=O. The van der Waals surface area contributed by atoms with E-state index in [0.717, 1.165) is 32.0 Å². The fourth-order valence-corrected chi connectivity index (χ4v) is 3.32. The Balaban J connectivity index is 2.46. The molecule has 1 aliphatic rings. The van der Waals surface area contributed by atoms with Crippen LogP contribution in [0.1, 0.15) is 65.7 Å². The number of amides is 1. The van der Waals surface area contributed by atoms with Crippen molar-refractivity contribution in [3.8, 4) is 0 Å². The Morgan fingerprint density at radius 1 is 1.35 bits per heavy atom. The molecule has 2 unspecified atom stereocenters. The third-order valence-electron chi connectivity index (χ3n) is 4.70. The summed E-state index contributed by atoms with van der Waals surface area (Å²) in [4.78, 5) is 14.2. The summed E-state index contributed by atoms with van der Waals surface area (Å²) in [5, 5.41) is 3.24. The van der Waals surface area contributed by atoms with E-state index >= 15 is 0 Å². The van der Waals surface area contributed by atoms with Gasteiger partial charge < -0.3 is 16.0 Å². The van der Waals surface area contributed by atoms with Crippen molar-refractivity contribution in [2.24, 2.45) is 5.73 Å². The summed E-state index contributed by atoms with van der Waals surface area (Å²) in [5.74, 6) is -0.234. The summed E-state index contributed by atoms with van der Waals surface area (Å²) < 4.78 is 0. The fourth-order valence-electron chi connectivity index (χ4n) is 3.32. The zero-order valence-corrected chi connectivity index (χ0v) is 13.6. The van der Waals surface area contributed by atoms with Crippen LogP contribution in [-0.2, 0) is 4.79 Å². The molecule has 0 aromatic rings. The zero-order chi connectivity index (χ0) is 15.0. The Hall–Kier alpha value is -0.610. The number of nitrogens with zero attached hydrogens (tertiary/aromatic N) is 1. The average molecular weight is 283 g/mol. The van der Waals surface area contributed by atoms with Crippen LogP contribution in [0, 0.1) is 0 Å². The Kier molecular flexibility index (Phi) is 7.52. The molecule has 0 bridgehead atoms. The monoisotopic (exact) mass is 283 g/mol. The second kappa shape index (κ2) is 8.63.